The average molecular weight is 564 g/mol. The van der Waals surface area contributed by atoms with Crippen molar-refractivity contribution in [1.82, 2.24) is 0 Å². The molecular formula is C30H44O4PS2+. The Hall–Kier alpha value is -1.49. The molecule has 0 aromatic heterocycles. The van der Waals surface area contributed by atoms with Crippen LogP contribution in [0.5, 0.6) is 0 Å². The maximum atomic E-state index is 11.5. The molecule has 0 amide bonds. The van der Waals surface area contributed by atoms with Gasteiger partial charge >= 0.3 is 11.9 Å². The second-order valence-electron chi connectivity index (χ2n) is 9.66. The Morgan fingerprint density at radius 1 is 0.622 bits per heavy atom. The van der Waals surface area contributed by atoms with Crippen molar-refractivity contribution in [3.63, 3.8) is 0 Å². The zero-order chi connectivity index (χ0) is 26.9. The number of hydrogen-bond acceptors (Lipinski definition) is 4. The lowest BCUT2D eigenvalue weighted by atomic mass is 10.2. The smallest absolute Gasteiger partial charge is 0.336 e. The van der Waals surface area contributed by atoms with E-state index in [1.807, 2.05) is 24.3 Å². The Kier molecular flexibility index (Phi) is 15.4. The second-order valence-corrected chi connectivity index (χ2v) is 16.4. The van der Waals surface area contributed by atoms with Crippen molar-refractivity contribution in [1.29, 1.82) is 0 Å². The molecule has 0 aliphatic heterocycles. The molecule has 2 N–H and O–H groups in total. The molecule has 2 aromatic rings. The molecule has 37 heavy (non-hydrogen) atoms. The fourth-order valence-electron chi connectivity index (χ4n) is 4.66. The van der Waals surface area contributed by atoms with Crippen LogP contribution in [0.4, 0.5) is 0 Å². The van der Waals surface area contributed by atoms with E-state index in [4.69, 9.17) is 0 Å². The molecule has 0 spiro atoms. The van der Waals surface area contributed by atoms with Gasteiger partial charge in [-0.25, -0.2) is 9.59 Å². The highest BCUT2D eigenvalue weighted by atomic mass is 32.2. The Morgan fingerprint density at radius 2 is 1.00 bits per heavy atom. The fraction of sp³-hybridized carbons (Fsp3) is 0.533. The quantitative estimate of drug-likeness (QED) is 0.0950. The first-order valence-electron chi connectivity index (χ1n) is 13.7. The van der Waals surface area contributed by atoms with Gasteiger partial charge in [0.05, 0.1) is 35.8 Å². The molecule has 0 aliphatic carbocycles. The summed E-state index contributed by atoms with van der Waals surface area (Å²) in [6.07, 6.45) is 15.3. The summed E-state index contributed by atoms with van der Waals surface area (Å²) in [6, 6.07) is 14.6. The number of carboxylic acid groups (broad SMARTS) is 2. The zero-order valence-corrected chi connectivity index (χ0v) is 25.0. The van der Waals surface area contributed by atoms with Gasteiger partial charge in [0.1, 0.15) is 0 Å². The molecular weight excluding hydrogens is 519 g/mol. The normalized spacial score (nSPS) is 11.5. The van der Waals surface area contributed by atoms with E-state index in [1.54, 1.807) is 47.8 Å². The monoisotopic (exact) mass is 563 g/mol. The first-order valence-corrected chi connectivity index (χ1v) is 18.2. The number of unbranched alkanes of at least 4 members (excludes halogenated alkanes) is 4. The minimum absolute atomic E-state index is 0.407. The molecule has 7 heteroatoms. The Bertz CT molecular complexity index is 889. The average Bonchev–Trinajstić information content (AvgIpc) is 2.90. The van der Waals surface area contributed by atoms with Crippen LogP contribution in [-0.4, -0.2) is 58.3 Å². The number of rotatable bonds is 20. The van der Waals surface area contributed by atoms with Crippen molar-refractivity contribution in [2.24, 2.45) is 0 Å². The van der Waals surface area contributed by atoms with Gasteiger partial charge in [0.2, 0.25) is 0 Å². The van der Waals surface area contributed by atoms with Crippen LogP contribution in [0.1, 0.15) is 85.9 Å². The standard InChI is InChI=1S/C30H43O4PS2/c1-3-5-19-35(20-6-4-2,21-11-13-23-36-27-17-9-7-15-25(27)29(31)32)22-12-14-24-37-28-18-10-8-16-26(28)30(33)34/h7-10,15-18H,3-6,11-14,19-24H2,1-2H3,(H-,31,32,33,34)/p+1. The first-order chi connectivity index (χ1) is 17.9. The van der Waals surface area contributed by atoms with Crippen LogP contribution < -0.4 is 0 Å². The third kappa shape index (κ3) is 11.4. The summed E-state index contributed by atoms with van der Waals surface area (Å²) in [4.78, 5) is 24.7. The molecule has 2 rings (SSSR count). The van der Waals surface area contributed by atoms with Crippen LogP contribution in [0.3, 0.4) is 0 Å². The van der Waals surface area contributed by atoms with Gasteiger partial charge in [0, 0.05) is 17.1 Å². The molecule has 0 saturated carbocycles. The largest absolute Gasteiger partial charge is 0.478 e. The number of carbonyl (C=O) groups is 2. The molecule has 0 unspecified atom stereocenters. The minimum Gasteiger partial charge on any atom is -0.478 e. The number of carboxylic acids is 2. The Balaban J connectivity index is 1.88. The number of benzene rings is 2. The van der Waals surface area contributed by atoms with E-state index < -0.39 is 19.2 Å². The molecule has 2 aromatic carbocycles. The lowest BCUT2D eigenvalue weighted by molar-refractivity contribution is 0.0682. The van der Waals surface area contributed by atoms with E-state index in [1.165, 1.54) is 63.2 Å². The van der Waals surface area contributed by atoms with Gasteiger partial charge in [0.25, 0.3) is 0 Å². The van der Waals surface area contributed by atoms with E-state index in [-0.39, 0.29) is 0 Å². The predicted octanol–water partition coefficient (Wildman–Crippen LogP) is 9.15. The molecule has 204 valence electrons. The lowest BCUT2D eigenvalue weighted by Crippen LogP contribution is -2.13. The Labute approximate surface area is 232 Å². The maximum Gasteiger partial charge on any atom is 0.336 e. The predicted molar refractivity (Wildman–Crippen MR) is 163 cm³/mol. The van der Waals surface area contributed by atoms with Gasteiger partial charge in [0.15, 0.2) is 0 Å². The summed E-state index contributed by atoms with van der Waals surface area (Å²) < 4.78 is 0. The van der Waals surface area contributed by atoms with E-state index in [0.29, 0.717) is 11.1 Å². The number of hydrogen-bond donors (Lipinski definition) is 2. The fourth-order valence-corrected chi connectivity index (χ4v) is 11.9. The second kappa shape index (κ2) is 17.9. The summed E-state index contributed by atoms with van der Waals surface area (Å²) >= 11 is 3.35. The Morgan fingerprint density at radius 3 is 1.38 bits per heavy atom. The topological polar surface area (TPSA) is 74.6 Å². The highest BCUT2D eigenvalue weighted by molar-refractivity contribution is 7.99. The zero-order valence-electron chi connectivity index (χ0n) is 22.5. The van der Waals surface area contributed by atoms with Gasteiger partial charge in [-0.2, -0.15) is 0 Å². The van der Waals surface area contributed by atoms with Crippen LogP contribution in [-0.2, 0) is 0 Å². The van der Waals surface area contributed by atoms with Crippen molar-refractivity contribution in [2.75, 3.05) is 36.2 Å². The van der Waals surface area contributed by atoms with Crippen LogP contribution in [0.15, 0.2) is 58.3 Å². The van der Waals surface area contributed by atoms with Gasteiger partial charge in [-0.15, -0.1) is 23.5 Å². The maximum absolute atomic E-state index is 11.5. The van der Waals surface area contributed by atoms with Crippen LogP contribution >= 0.6 is 30.8 Å². The van der Waals surface area contributed by atoms with Gasteiger partial charge in [-0.05, 0) is 74.3 Å². The van der Waals surface area contributed by atoms with Crippen LogP contribution in [0, 0.1) is 0 Å². The van der Waals surface area contributed by atoms with E-state index in [9.17, 15) is 19.8 Å². The molecule has 0 bridgehead atoms. The lowest BCUT2D eigenvalue weighted by Gasteiger charge is -2.28. The minimum atomic E-state index is -1.01. The van der Waals surface area contributed by atoms with E-state index in [2.05, 4.69) is 13.8 Å². The van der Waals surface area contributed by atoms with Crippen LogP contribution in [0.25, 0.3) is 0 Å². The summed E-state index contributed by atoms with van der Waals surface area (Å²) in [5.74, 6) is 0.227. The number of thioether (sulfide) groups is 2. The van der Waals surface area contributed by atoms with Crippen molar-refractivity contribution < 1.29 is 19.8 Å². The van der Waals surface area contributed by atoms with Gasteiger partial charge in [-0.3, -0.25) is 0 Å². The van der Waals surface area contributed by atoms with Gasteiger partial charge in [-0.1, -0.05) is 51.0 Å². The summed E-state index contributed by atoms with van der Waals surface area (Å²) in [7, 11) is -1.01. The molecule has 0 radical (unpaired) electrons. The van der Waals surface area contributed by atoms with Crippen molar-refractivity contribution in [3.8, 4) is 0 Å². The molecule has 0 atom stereocenters. The molecule has 4 nitrogen and oxygen atoms in total. The third-order valence-electron chi connectivity index (χ3n) is 6.78. The van der Waals surface area contributed by atoms with E-state index >= 15 is 0 Å². The van der Waals surface area contributed by atoms with Crippen molar-refractivity contribution in [2.45, 2.75) is 75.0 Å². The SMILES string of the molecule is CCCC[P+](CCCC)(CCCCSc1ccccc1C(=O)O)CCCCSc1ccccc1C(=O)O. The molecule has 0 saturated heterocycles. The number of aromatic carboxylic acids is 2. The summed E-state index contributed by atoms with van der Waals surface area (Å²) in [6.45, 7) is 4.59. The highest BCUT2D eigenvalue weighted by Gasteiger charge is 2.34. The van der Waals surface area contributed by atoms with Gasteiger partial charge < -0.3 is 10.2 Å². The molecule has 0 fully saturated rings. The highest BCUT2D eigenvalue weighted by Crippen LogP contribution is 2.61. The summed E-state index contributed by atoms with van der Waals surface area (Å²) in [5, 5.41) is 18.9. The van der Waals surface area contributed by atoms with Crippen molar-refractivity contribution >= 4 is 42.7 Å². The summed E-state index contributed by atoms with van der Waals surface area (Å²) in [5.41, 5.74) is 0.813. The molecule has 0 heterocycles. The third-order valence-corrected chi connectivity index (χ3v) is 14.2. The van der Waals surface area contributed by atoms with Crippen LogP contribution in [0.2, 0.25) is 0 Å². The van der Waals surface area contributed by atoms with E-state index in [0.717, 1.165) is 34.1 Å². The molecule has 0 aliphatic rings. The first kappa shape index (κ1) is 31.7. The van der Waals surface area contributed by atoms with Crippen molar-refractivity contribution in [3.05, 3.63) is 59.7 Å².